The van der Waals surface area contributed by atoms with E-state index < -0.39 is 0 Å². The van der Waals surface area contributed by atoms with E-state index in [4.69, 9.17) is 0 Å². The van der Waals surface area contributed by atoms with Gasteiger partial charge in [-0.2, -0.15) is 0 Å². The third-order valence-electron chi connectivity index (χ3n) is 2.29. The summed E-state index contributed by atoms with van der Waals surface area (Å²) < 4.78 is 1.60. The first-order chi connectivity index (χ1) is 6.62. The zero-order valence-corrected chi connectivity index (χ0v) is 12.7. The van der Waals surface area contributed by atoms with Crippen LogP contribution in [0.2, 0.25) is 0 Å². The summed E-state index contributed by atoms with van der Waals surface area (Å²) in [6, 6.07) is 4.59. The minimum Gasteiger partial charge on any atom is -0.141 e. The molecule has 0 spiro atoms. The van der Waals surface area contributed by atoms with Crippen LogP contribution in [0.15, 0.2) is 12.1 Å². The van der Waals surface area contributed by atoms with Crippen LogP contribution in [0.5, 0.6) is 0 Å². The lowest BCUT2D eigenvalue weighted by Crippen LogP contribution is -2.29. The topological polar surface area (TPSA) is 0 Å². The van der Waals surface area contributed by atoms with Gasteiger partial charge in [0.2, 0.25) is 0 Å². The molecule has 2 heteroatoms. The lowest BCUT2D eigenvalue weighted by molar-refractivity contribution is 0.715. The predicted molar refractivity (Wildman–Crippen MR) is 75.1 cm³/mol. The first kappa shape index (κ1) is 13.2. The average molecular weight is 242 g/mol. The van der Waals surface area contributed by atoms with E-state index in [0.29, 0.717) is 10.3 Å². The minimum absolute atomic E-state index is 0.0985. The van der Waals surface area contributed by atoms with E-state index in [1.165, 1.54) is 4.88 Å². The smallest absolute Gasteiger partial charge is 0.0291 e. The summed E-state index contributed by atoms with van der Waals surface area (Å²) in [6.07, 6.45) is 0. The Morgan fingerprint density at radius 2 is 1.40 bits per heavy atom. The van der Waals surface area contributed by atoms with Crippen LogP contribution in [0.1, 0.15) is 46.4 Å². The summed E-state index contributed by atoms with van der Waals surface area (Å²) in [5.41, 5.74) is 0. The van der Waals surface area contributed by atoms with Crippen LogP contribution < -0.4 is 4.62 Å². The molecule has 0 saturated carbocycles. The van der Waals surface area contributed by atoms with Gasteiger partial charge in [0.1, 0.15) is 0 Å². The number of aryl methyl sites for hydroxylation is 1. The van der Waals surface area contributed by atoms with E-state index in [-0.39, 0.29) is 7.92 Å². The Morgan fingerprint density at radius 3 is 1.67 bits per heavy atom. The molecule has 1 heterocycles. The maximum atomic E-state index is 2.37. The van der Waals surface area contributed by atoms with Crippen molar-refractivity contribution in [3.05, 3.63) is 17.0 Å². The third-order valence-corrected chi connectivity index (χ3v) is 7.19. The van der Waals surface area contributed by atoms with Crippen molar-refractivity contribution < 1.29 is 0 Å². The summed E-state index contributed by atoms with van der Waals surface area (Å²) in [7, 11) is -0.0985. The Labute approximate surface area is 99.9 Å². The van der Waals surface area contributed by atoms with E-state index in [9.17, 15) is 0 Å². The molecule has 1 rings (SSSR count). The molecule has 0 aromatic carbocycles. The Bertz CT molecular complexity index is 311. The number of hydrogen-bond acceptors (Lipinski definition) is 1. The number of thiophene rings is 1. The first-order valence-corrected chi connectivity index (χ1v) is 7.65. The van der Waals surface area contributed by atoms with Gasteiger partial charge >= 0.3 is 0 Å². The molecule has 0 unspecified atom stereocenters. The van der Waals surface area contributed by atoms with Crippen molar-refractivity contribution in [3.8, 4) is 0 Å². The molecule has 1 aromatic heterocycles. The number of hydrogen-bond donors (Lipinski definition) is 0. The molecule has 0 aliphatic carbocycles. The molecule has 0 atom stereocenters. The van der Waals surface area contributed by atoms with Crippen LogP contribution in [0.4, 0.5) is 0 Å². The monoisotopic (exact) mass is 242 g/mol. The van der Waals surface area contributed by atoms with Crippen molar-refractivity contribution >= 4 is 23.9 Å². The van der Waals surface area contributed by atoms with Crippen molar-refractivity contribution in [1.82, 2.24) is 0 Å². The molecule has 0 amide bonds. The highest BCUT2D eigenvalue weighted by Gasteiger charge is 2.36. The molecule has 0 N–H and O–H groups in total. The van der Waals surface area contributed by atoms with Gasteiger partial charge in [0.15, 0.2) is 0 Å². The fourth-order valence-corrected chi connectivity index (χ4v) is 8.81. The molecule has 0 nitrogen and oxygen atoms in total. The predicted octanol–water partition coefficient (Wildman–Crippen LogP) is 4.76. The second-order valence-corrected chi connectivity index (χ2v) is 11.5. The van der Waals surface area contributed by atoms with Crippen LogP contribution in [-0.2, 0) is 0 Å². The second-order valence-electron chi connectivity index (χ2n) is 6.06. The molecular formula is C13H23PS. The quantitative estimate of drug-likeness (QED) is 0.623. The van der Waals surface area contributed by atoms with E-state index >= 15 is 0 Å². The highest BCUT2D eigenvalue weighted by Crippen LogP contribution is 2.59. The molecule has 0 saturated heterocycles. The SMILES string of the molecule is Cc1ccc(P(C(C)(C)C)C(C)(C)C)s1. The van der Waals surface area contributed by atoms with Gasteiger partial charge in [-0.15, -0.1) is 11.3 Å². The molecule has 0 radical (unpaired) electrons. The van der Waals surface area contributed by atoms with Crippen molar-refractivity contribution in [2.24, 2.45) is 0 Å². The van der Waals surface area contributed by atoms with Crippen molar-refractivity contribution in [2.45, 2.75) is 58.8 Å². The maximum Gasteiger partial charge on any atom is 0.0291 e. The number of rotatable bonds is 1. The Kier molecular flexibility index (Phi) is 3.68. The molecule has 0 aliphatic heterocycles. The fourth-order valence-electron chi connectivity index (χ4n) is 2.21. The summed E-state index contributed by atoms with van der Waals surface area (Å²) in [5.74, 6) is 0. The van der Waals surface area contributed by atoms with Crippen molar-refractivity contribution in [3.63, 3.8) is 0 Å². The van der Waals surface area contributed by atoms with Crippen LogP contribution in [0.3, 0.4) is 0 Å². The van der Waals surface area contributed by atoms with E-state index in [0.717, 1.165) is 0 Å². The van der Waals surface area contributed by atoms with E-state index in [1.807, 2.05) is 11.3 Å². The van der Waals surface area contributed by atoms with E-state index in [1.54, 1.807) is 4.62 Å². The van der Waals surface area contributed by atoms with Crippen LogP contribution in [0, 0.1) is 6.92 Å². The minimum atomic E-state index is -0.0985. The molecule has 86 valence electrons. The Morgan fingerprint density at radius 1 is 0.933 bits per heavy atom. The highest BCUT2D eigenvalue weighted by molar-refractivity contribution is 7.74. The van der Waals surface area contributed by atoms with Gasteiger partial charge in [-0.25, -0.2) is 0 Å². The summed E-state index contributed by atoms with van der Waals surface area (Å²) in [5, 5.41) is 0.787. The van der Waals surface area contributed by atoms with Crippen LogP contribution in [0.25, 0.3) is 0 Å². The van der Waals surface area contributed by atoms with Gasteiger partial charge in [0, 0.05) is 9.50 Å². The van der Waals surface area contributed by atoms with Crippen LogP contribution >= 0.6 is 19.3 Å². The normalized spacial score (nSPS) is 13.6. The van der Waals surface area contributed by atoms with Crippen molar-refractivity contribution in [1.29, 1.82) is 0 Å². The Hall–Kier alpha value is 0.130. The van der Waals surface area contributed by atoms with E-state index in [2.05, 4.69) is 60.6 Å². The van der Waals surface area contributed by atoms with Gasteiger partial charge in [-0.3, -0.25) is 0 Å². The standard InChI is InChI=1S/C13H23PS/c1-10-8-9-11(15-10)14(12(2,3)4)13(5,6)7/h8-9H,1-7H3. The highest BCUT2D eigenvalue weighted by atomic mass is 32.1. The van der Waals surface area contributed by atoms with Gasteiger partial charge in [0.25, 0.3) is 0 Å². The fraction of sp³-hybridized carbons (Fsp3) is 0.692. The molecule has 15 heavy (non-hydrogen) atoms. The molecular weight excluding hydrogens is 219 g/mol. The maximum absolute atomic E-state index is 2.37. The van der Waals surface area contributed by atoms with Crippen LogP contribution in [-0.4, -0.2) is 10.3 Å². The lowest BCUT2D eigenvalue weighted by atomic mass is 10.2. The average Bonchev–Trinajstić information content (AvgIpc) is 2.28. The largest absolute Gasteiger partial charge is 0.141 e. The van der Waals surface area contributed by atoms with Gasteiger partial charge in [-0.1, -0.05) is 49.5 Å². The lowest BCUT2D eigenvalue weighted by Gasteiger charge is -2.40. The summed E-state index contributed by atoms with van der Waals surface area (Å²) >= 11 is 1.98. The van der Waals surface area contributed by atoms with Crippen molar-refractivity contribution in [2.75, 3.05) is 0 Å². The van der Waals surface area contributed by atoms with Gasteiger partial charge in [0.05, 0.1) is 0 Å². The van der Waals surface area contributed by atoms with Gasteiger partial charge < -0.3 is 0 Å². The Balaban J connectivity index is 3.14. The summed E-state index contributed by atoms with van der Waals surface area (Å²) in [4.78, 5) is 1.44. The molecule has 0 aliphatic rings. The zero-order valence-electron chi connectivity index (χ0n) is 11.0. The second kappa shape index (κ2) is 4.18. The molecule has 0 fully saturated rings. The zero-order chi connectivity index (χ0) is 11.9. The molecule has 1 aromatic rings. The molecule has 0 bridgehead atoms. The summed E-state index contributed by atoms with van der Waals surface area (Å²) in [6.45, 7) is 16.4. The first-order valence-electron chi connectivity index (χ1n) is 5.49. The third kappa shape index (κ3) is 3.29. The van der Waals surface area contributed by atoms with Gasteiger partial charge in [-0.05, 0) is 29.4 Å².